The predicted molar refractivity (Wildman–Crippen MR) is 134 cm³/mol. The third-order valence-electron chi connectivity index (χ3n) is 5.77. The SMILES string of the molecule is O=C(CCCc1ccccc1)C[P+](c1ccccc1)(c1ccccc1)c1ccccc1.[Cl-]. The number of ketones is 1. The molecule has 0 aliphatic carbocycles. The second-order valence-electron chi connectivity index (χ2n) is 7.85. The Labute approximate surface area is 198 Å². The van der Waals surface area contributed by atoms with Gasteiger partial charge < -0.3 is 12.4 Å². The summed E-state index contributed by atoms with van der Waals surface area (Å²) in [6, 6.07) is 42.3. The molecule has 0 spiro atoms. The van der Waals surface area contributed by atoms with Gasteiger partial charge in [0.2, 0.25) is 0 Å². The first-order chi connectivity index (χ1) is 15.3. The van der Waals surface area contributed by atoms with Gasteiger partial charge in [0.15, 0.2) is 5.78 Å². The van der Waals surface area contributed by atoms with E-state index in [0.29, 0.717) is 18.4 Å². The van der Waals surface area contributed by atoms with E-state index in [4.69, 9.17) is 0 Å². The van der Waals surface area contributed by atoms with E-state index in [0.717, 1.165) is 12.8 Å². The number of benzene rings is 4. The Balaban J connectivity index is 0.00000289. The fourth-order valence-electron chi connectivity index (χ4n) is 4.25. The maximum Gasteiger partial charge on any atom is 0.171 e. The molecule has 0 unspecified atom stereocenters. The van der Waals surface area contributed by atoms with Crippen LogP contribution >= 0.6 is 7.26 Å². The lowest BCUT2D eigenvalue weighted by Crippen LogP contribution is -3.00. The summed E-state index contributed by atoms with van der Waals surface area (Å²) >= 11 is 0. The van der Waals surface area contributed by atoms with Gasteiger partial charge >= 0.3 is 0 Å². The molecule has 0 N–H and O–H groups in total. The van der Waals surface area contributed by atoms with Gasteiger partial charge in [0.25, 0.3) is 0 Å². The molecule has 162 valence electrons. The van der Waals surface area contributed by atoms with E-state index < -0.39 is 7.26 Å². The number of aryl methyl sites for hydroxylation is 1. The van der Waals surface area contributed by atoms with Crippen LogP contribution in [0.5, 0.6) is 0 Å². The Hall–Kier alpha value is -2.73. The average molecular weight is 459 g/mol. The molecule has 4 aromatic rings. The van der Waals surface area contributed by atoms with Crippen molar-refractivity contribution in [2.24, 2.45) is 0 Å². The van der Waals surface area contributed by atoms with Crippen molar-refractivity contribution in [1.82, 2.24) is 0 Å². The van der Waals surface area contributed by atoms with E-state index >= 15 is 0 Å². The third-order valence-corrected chi connectivity index (χ3v) is 10.1. The quantitative estimate of drug-likeness (QED) is 0.352. The van der Waals surface area contributed by atoms with Crippen molar-refractivity contribution < 1.29 is 17.2 Å². The molecule has 3 heteroatoms. The monoisotopic (exact) mass is 458 g/mol. The number of Topliss-reactive ketones (excluding diaryl/α,β-unsaturated/α-hetero) is 1. The van der Waals surface area contributed by atoms with Crippen LogP contribution in [0, 0.1) is 0 Å². The van der Waals surface area contributed by atoms with Crippen molar-refractivity contribution in [3.63, 3.8) is 0 Å². The fraction of sp³-hybridized carbons (Fsp3) is 0.138. The molecule has 0 radical (unpaired) electrons. The molecule has 0 heterocycles. The fourth-order valence-corrected chi connectivity index (χ4v) is 8.42. The summed E-state index contributed by atoms with van der Waals surface area (Å²) in [6.45, 7) is 0. The Morgan fingerprint density at radius 1 is 0.562 bits per heavy atom. The largest absolute Gasteiger partial charge is 1.00 e. The van der Waals surface area contributed by atoms with Gasteiger partial charge in [-0.25, -0.2) is 0 Å². The Bertz CT molecular complexity index is 986. The molecule has 1 nitrogen and oxygen atoms in total. The maximum atomic E-state index is 13.4. The van der Waals surface area contributed by atoms with Crippen LogP contribution in [-0.4, -0.2) is 11.9 Å². The second kappa shape index (κ2) is 11.8. The number of rotatable bonds is 9. The summed E-state index contributed by atoms with van der Waals surface area (Å²) in [4.78, 5) is 13.4. The van der Waals surface area contributed by atoms with E-state index in [2.05, 4.69) is 115 Å². The van der Waals surface area contributed by atoms with Crippen LogP contribution in [0.15, 0.2) is 121 Å². The van der Waals surface area contributed by atoms with Gasteiger partial charge in [-0.15, -0.1) is 0 Å². The molecule has 0 fully saturated rings. The highest BCUT2D eigenvalue weighted by Crippen LogP contribution is 2.55. The van der Waals surface area contributed by atoms with Crippen LogP contribution in [0.4, 0.5) is 0 Å². The van der Waals surface area contributed by atoms with E-state index in [1.165, 1.54) is 21.5 Å². The minimum absolute atomic E-state index is 0. The highest BCUT2D eigenvalue weighted by molar-refractivity contribution is 7.96. The molecule has 0 bridgehead atoms. The number of hydrogen-bond acceptors (Lipinski definition) is 1. The van der Waals surface area contributed by atoms with Gasteiger partial charge in [0.05, 0.1) is 0 Å². The van der Waals surface area contributed by atoms with Crippen LogP contribution < -0.4 is 28.3 Å². The molecule has 0 aliphatic heterocycles. The molecule has 4 rings (SSSR count). The summed E-state index contributed by atoms with van der Waals surface area (Å²) < 4.78 is 0. The first kappa shape index (κ1) is 23.9. The van der Waals surface area contributed by atoms with Crippen molar-refractivity contribution in [1.29, 1.82) is 0 Å². The smallest absolute Gasteiger partial charge is 0.171 e. The van der Waals surface area contributed by atoms with Crippen molar-refractivity contribution in [3.8, 4) is 0 Å². The van der Waals surface area contributed by atoms with Gasteiger partial charge in [-0.3, -0.25) is 4.79 Å². The van der Waals surface area contributed by atoms with Crippen LogP contribution in [0.2, 0.25) is 0 Å². The third kappa shape index (κ3) is 5.54. The zero-order chi connectivity index (χ0) is 21.4. The highest BCUT2D eigenvalue weighted by Gasteiger charge is 2.46. The first-order valence-electron chi connectivity index (χ1n) is 10.9. The van der Waals surface area contributed by atoms with Crippen LogP contribution in [-0.2, 0) is 11.2 Å². The van der Waals surface area contributed by atoms with Crippen LogP contribution in [0.3, 0.4) is 0 Å². The molecule has 32 heavy (non-hydrogen) atoms. The van der Waals surface area contributed by atoms with Crippen molar-refractivity contribution in [2.45, 2.75) is 19.3 Å². The number of halogens is 1. The summed E-state index contributed by atoms with van der Waals surface area (Å²) in [5, 5.41) is 3.80. The summed E-state index contributed by atoms with van der Waals surface area (Å²) in [6.07, 6.45) is 3.02. The molecule has 0 aliphatic rings. The van der Waals surface area contributed by atoms with Gasteiger partial charge in [0, 0.05) is 6.42 Å². The van der Waals surface area contributed by atoms with Crippen molar-refractivity contribution in [3.05, 3.63) is 127 Å². The molecule has 0 atom stereocenters. The average Bonchev–Trinajstić information content (AvgIpc) is 2.85. The van der Waals surface area contributed by atoms with Crippen molar-refractivity contribution >= 4 is 29.0 Å². The van der Waals surface area contributed by atoms with Gasteiger partial charge in [-0.2, -0.15) is 0 Å². The maximum absolute atomic E-state index is 13.4. The minimum atomic E-state index is -2.07. The van der Waals surface area contributed by atoms with E-state index in [1.807, 2.05) is 6.07 Å². The molecule has 0 amide bonds. The van der Waals surface area contributed by atoms with E-state index in [9.17, 15) is 4.79 Å². The zero-order valence-corrected chi connectivity index (χ0v) is 19.8. The predicted octanol–water partition coefficient (Wildman–Crippen LogP) is 2.58. The molecule has 0 aromatic heterocycles. The second-order valence-corrected chi connectivity index (χ2v) is 11.3. The minimum Gasteiger partial charge on any atom is -1.00 e. The number of carbonyl (C=O) groups is 1. The number of carbonyl (C=O) groups excluding carboxylic acids is 1. The summed E-state index contributed by atoms with van der Waals surface area (Å²) in [7, 11) is -2.07. The molecule has 0 saturated heterocycles. The first-order valence-corrected chi connectivity index (χ1v) is 12.9. The highest BCUT2D eigenvalue weighted by atomic mass is 35.5. The standard InChI is InChI=1S/C29H28OP.ClH/c30-26(17-13-16-25-14-5-1-6-15-25)24-31(27-18-7-2-8-19-27,28-20-9-3-10-21-28)29-22-11-4-12-23-29;/h1-12,14-15,18-23H,13,16-17,24H2;1H/q+1;/p-1. The van der Waals surface area contributed by atoms with Crippen LogP contribution in [0.25, 0.3) is 0 Å². The molecule has 0 saturated carbocycles. The van der Waals surface area contributed by atoms with Crippen LogP contribution in [0.1, 0.15) is 18.4 Å². The van der Waals surface area contributed by atoms with E-state index in [-0.39, 0.29) is 12.4 Å². The van der Waals surface area contributed by atoms with Gasteiger partial charge in [0.1, 0.15) is 29.3 Å². The lowest BCUT2D eigenvalue weighted by molar-refractivity contribution is -0.116. The van der Waals surface area contributed by atoms with Gasteiger partial charge in [-0.05, 0) is 54.8 Å². The lowest BCUT2D eigenvalue weighted by Gasteiger charge is -2.27. The molecule has 4 aromatic carbocycles. The Kier molecular flexibility index (Phi) is 8.80. The Morgan fingerprint density at radius 3 is 1.34 bits per heavy atom. The normalized spacial score (nSPS) is 10.9. The number of hydrogen-bond donors (Lipinski definition) is 0. The van der Waals surface area contributed by atoms with E-state index in [1.54, 1.807) is 0 Å². The zero-order valence-electron chi connectivity index (χ0n) is 18.1. The Morgan fingerprint density at radius 2 is 0.938 bits per heavy atom. The van der Waals surface area contributed by atoms with Crippen molar-refractivity contribution in [2.75, 3.05) is 6.16 Å². The topological polar surface area (TPSA) is 17.1 Å². The molecular weight excluding hydrogens is 431 g/mol. The summed E-state index contributed by atoms with van der Waals surface area (Å²) in [5.74, 6) is 0.348. The molecular formula is C29H28ClOP. The summed E-state index contributed by atoms with van der Waals surface area (Å²) in [5.41, 5.74) is 1.30. The van der Waals surface area contributed by atoms with Gasteiger partial charge in [-0.1, -0.05) is 84.9 Å². The lowest BCUT2D eigenvalue weighted by atomic mass is 10.1.